The van der Waals surface area contributed by atoms with E-state index in [9.17, 15) is 5.11 Å². The number of aliphatic hydroxyl groups is 1. The molecule has 1 aliphatic rings. The maximum Gasteiger partial charge on any atom is 0.373 e. The van der Waals surface area contributed by atoms with E-state index in [0.29, 0.717) is 35.0 Å². The zero-order chi connectivity index (χ0) is 84.3. The third kappa shape index (κ3) is 12.2. The number of aryl methyl sites for hydroxylation is 1. The molecule has 0 radical (unpaired) electrons. The van der Waals surface area contributed by atoms with E-state index in [4.69, 9.17) is 52.7 Å². The van der Waals surface area contributed by atoms with Gasteiger partial charge in [-0.3, -0.25) is 13.7 Å². The second-order valence-corrected chi connectivity index (χ2v) is 32.6. The highest BCUT2D eigenvalue weighted by molar-refractivity contribution is 6.19. The van der Waals surface area contributed by atoms with Gasteiger partial charge in [0.05, 0.1) is 71.9 Å². The molecule has 25 rings (SSSR count). The number of nitrogens with zero attached hydrogens (tertiary/aromatic N) is 9. The summed E-state index contributed by atoms with van der Waals surface area (Å²) in [4.78, 5) is 47.4. The van der Waals surface area contributed by atoms with E-state index in [0.717, 1.165) is 155 Å². The zero-order valence-electron chi connectivity index (χ0n) is 68.6. The number of fused-ring (bicyclic) bond motifs is 22. The summed E-state index contributed by atoms with van der Waals surface area (Å²) in [5, 5.41) is 23.7. The van der Waals surface area contributed by atoms with Crippen LogP contribution in [0.2, 0.25) is 0 Å². The van der Waals surface area contributed by atoms with Crippen LogP contribution in [0.25, 0.3) is 217 Å². The van der Waals surface area contributed by atoms with Gasteiger partial charge in [0.25, 0.3) is 0 Å². The molecule has 596 valence electrons. The van der Waals surface area contributed by atoms with Crippen molar-refractivity contribution in [2.45, 2.75) is 45.6 Å². The molecule has 0 bridgehead atoms. The minimum Gasteiger partial charge on any atom is -0.437 e. The van der Waals surface area contributed by atoms with Crippen molar-refractivity contribution < 1.29 is 27.9 Å². The smallest absolute Gasteiger partial charge is 0.373 e. The first-order valence-corrected chi connectivity index (χ1v) is 41.6. The summed E-state index contributed by atoms with van der Waals surface area (Å²) >= 11 is 0. The molecule has 1 aliphatic carbocycles. The number of hydrogen-bond acceptors (Lipinski definition) is 12. The minimum absolute atomic E-state index is 0.110. The number of benzene rings is 15. The van der Waals surface area contributed by atoms with E-state index in [1.807, 2.05) is 105 Å². The second-order valence-electron chi connectivity index (χ2n) is 32.6. The number of carbonyl (C=O) groups excluding carboxylic acids is 2. The van der Waals surface area contributed by atoms with Gasteiger partial charge in [-0.1, -0.05) is 329 Å². The second kappa shape index (κ2) is 29.8. The van der Waals surface area contributed by atoms with Crippen molar-refractivity contribution in [2.24, 2.45) is 0 Å². The topological polar surface area (TPSA) is 186 Å². The number of hydrogen-bond donors (Lipinski definition) is 1. The summed E-state index contributed by atoms with van der Waals surface area (Å²) in [6.07, 6.45) is 0.250. The molecule has 15 nitrogen and oxygen atoms in total. The number of para-hydroxylation sites is 8. The van der Waals surface area contributed by atoms with Crippen LogP contribution < -0.4 is 0 Å². The van der Waals surface area contributed by atoms with Crippen LogP contribution in [0.1, 0.15) is 49.9 Å². The van der Waals surface area contributed by atoms with Gasteiger partial charge in [0.15, 0.2) is 0 Å². The normalized spacial score (nSPS) is 12.3. The van der Waals surface area contributed by atoms with Gasteiger partial charge in [-0.15, -0.1) is 0 Å². The third-order valence-electron chi connectivity index (χ3n) is 24.5. The Morgan fingerprint density at radius 3 is 0.976 bits per heavy atom. The molecule has 0 saturated heterocycles. The molecule has 0 fully saturated rings. The van der Waals surface area contributed by atoms with Gasteiger partial charge in [0.1, 0.15) is 16.7 Å². The maximum absolute atomic E-state index is 11.0. The molecular formula is C110H75N9O6. The average molecular weight is 1620 g/mol. The van der Waals surface area contributed by atoms with E-state index >= 15 is 0 Å². The van der Waals surface area contributed by atoms with Crippen molar-refractivity contribution in [2.75, 3.05) is 0 Å². The fourth-order valence-electron chi connectivity index (χ4n) is 19.0. The minimum atomic E-state index is -1.02. The zero-order valence-corrected chi connectivity index (χ0v) is 68.6. The number of furan rings is 3. The first-order valence-electron chi connectivity index (χ1n) is 41.6. The predicted octanol–water partition coefficient (Wildman–Crippen LogP) is 27.0. The van der Waals surface area contributed by atoms with Crippen LogP contribution >= 0.6 is 0 Å². The summed E-state index contributed by atoms with van der Waals surface area (Å²) < 4.78 is 26.6. The van der Waals surface area contributed by atoms with Crippen LogP contribution in [-0.4, -0.2) is 54.9 Å². The molecule has 0 amide bonds. The Morgan fingerprint density at radius 2 is 0.592 bits per heavy atom. The highest BCUT2D eigenvalue weighted by Gasteiger charge is 2.39. The molecule has 0 aliphatic heterocycles. The van der Waals surface area contributed by atoms with Crippen LogP contribution in [-0.2, 0) is 20.6 Å². The molecule has 15 aromatic carbocycles. The van der Waals surface area contributed by atoms with Gasteiger partial charge in [0.2, 0.25) is 35.0 Å². The lowest BCUT2D eigenvalue weighted by Crippen LogP contribution is -2.16. The monoisotopic (exact) mass is 1620 g/mol. The Kier molecular flexibility index (Phi) is 17.9. The van der Waals surface area contributed by atoms with Crippen molar-refractivity contribution >= 4 is 138 Å². The lowest BCUT2D eigenvalue weighted by molar-refractivity contribution is -0.191. The molecule has 9 heterocycles. The molecule has 9 aromatic heterocycles. The summed E-state index contributed by atoms with van der Waals surface area (Å²) in [5.74, 6) is 1.75. The fourth-order valence-corrected chi connectivity index (χ4v) is 19.0. The van der Waals surface area contributed by atoms with Gasteiger partial charge in [-0.2, -0.15) is 24.5 Å². The summed E-state index contributed by atoms with van der Waals surface area (Å²) in [5.41, 5.74) is 26.0. The Labute approximate surface area is 715 Å². The quantitative estimate of drug-likeness (QED) is 0.144. The first-order chi connectivity index (χ1) is 61.3. The highest BCUT2D eigenvalue weighted by Crippen LogP contribution is 2.54. The van der Waals surface area contributed by atoms with E-state index in [1.54, 1.807) is 0 Å². The van der Waals surface area contributed by atoms with E-state index in [2.05, 4.69) is 301 Å². The van der Waals surface area contributed by atoms with Crippen LogP contribution in [0.15, 0.2) is 371 Å². The molecular weight excluding hydrogens is 1540 g/mol. The maximum atomic E-state index is 11.0. The molecule has 0 spiro atoms. The largest absolute Gasteiger partial charge is 0.437 e. The Balaban J connectivity index is 0.000000109. The SMILES string of the molecule is CC(C)(O)c1ccccc1-c1cccc2c1oc1nc(-n3c4ccccc4c4ccccc43)nc(-c3ccccc3)c12.CC1(C)c2ccccc2-c2c1ccc1c2oc2nc(-n3c4ccccc4c4ccccc43)nc(-c3ccccc3)c21.Cc1ccccc1-c1cccc2c1oc1nc(-n3c4ccccc4c4ccccc43)nc(-c3ccccc3)c12.O=C=O. The van der Waals surface area contributed by atoms with Crippen molar-refractivity contribution in [3.05, 3.63) is 380 Å². The van der Waals surface area contributed by atoms with Crippen LogP contribution in [0, 0.1) is 6.92 Å². The van der Waals surface area contributed by atoms with Gasteiger partial charge in [-0.05, 0) is 102 Å². The summed E-state index contributed by atoms with van der Waals surface area (Å²) in [6.45, 7) is 10.3. The fraction of sp³-hybridized carbons (Fsp3) is 0.0636. The van der Waals surface area contributed by atoms with Gasteiger partial charge in [0, 0.05) is 87.3 Å². The van der Waals surface area contributed by atoms with Crippen molar-refractivity contribution in [1.29, 1.82) is 0 Å². The van der Waals surface area contributed by atoms with Crippen molar-refractivity contribution in [3.8, 4) is 85.0 Å². The molecule has 1 N–H and O–H groups in total. The highest BCUT2D eigenvalue weighted by atomic mass is 16.3. The lowest BCUT2D eigenvalue weighted by atomic mass is 9.82. The number of aromatic nitrogens is 9. The van der Waals surface area contributed by atoms with Crippen LogP contribution in [0.5, 0.6) is 0 Å². The van der Waals surface area contributed by atoms with E-state index < -0.39 is 5.60 Å². The summed E-state index contributed by atoms with van der Waals surface area (Å²) in [6, 6.07) is 123. The molecule has 24 aromatic rings. The molecule has 0 unspecified atom stereocenters. The van der Waals surface area contributed by atoms with Crippen LogP contribution in [0.4, 0.5) is 0 Å². The van der Waals surface area contributed by atoms with Crippen molar-refractivity contribution in [1.82, 2.24) is 43.6 Å². The Hall–Kier alpha value is -16.3. The van der Waals surface area contributed by atoms with Gasteiger partial charge < -0.3 is 18.4 Å². The lowest BCUT2D eigenvalue weighted by Gasteiger charge is -2.21. The van der Waals surface area contributed by atoms with Gasteiger partial charge >= 0.3 is 6.15 Å². The molecule has 0 saturated carbocycles. The number of rotatable bonds is 9. The molecule has 0 atom stereocenters. The molecule has 15 heteroatoms. The predicted molar refractivity (Wildman–Crippen MR) is 501 cm³/mol. The first kappa shape index (κ1) is 74.9. The average Bonchev–Trinajstić information content (AvgIpc) is 1.53. The van der Waals surface area contributed by atoms with Gasteiger partial charge in [-0.25, -0.2) is 15.0 Å². The van der Waals surface area contributed by atoms with E-state index in [1.165, 1.54) is 49.4 Å². The van der Waals surface area contributed by atoms with Crippen LogP contribution in [0.3, 0.4) is 0 Å². The molecule has 125 heavy (non-hydrogen) atoms. The third-order valence-corrected chi connectivity index (χ3v) is 24.5. The van der Waals surface area contributed by atoms with E-state index in [-0.39, 0.29) is 11.6 Å². The Morgan fingerprint density at radius 1 is 0.296 bits per heavy atom. The Bertz CT molecular complexity index is 8330. The van der Waals surface area contributed by atoms with Crippen molar-refractivity contribution in [3.63, 3.8) is 0 Å². The standard InChI is InChI=1S/C37H27N3O2.C37H25N3O.C35H23N3O.CO2/c1-37(2,41)29-20-9-6-15-24(29)27-18-12-19-28-32-33(23-13-4-3-5-14-23)38-36(39-35(32)42-34(27)28)40-30-21-10-7-16-25(30)26-17-8-11-22-31(26)40;1-37(2)27-17-9-6-16-25(27)31-28(37)21-20-26-32-33(22-12-4-3-5-13-22)38-36(39-35(32)41-34(26)31)40-29-18-10-7-14-23(29)24-15-8-11-19-30(24)40;1-22-12-5-6-15-24(22)27-18-11-19-28-31-32(23-13-3-2-4-14-23)36-35(37-34(31)39-33(27)28)38-29-20-9-7-16-25(29)26-17-8-10-21-30(26)38;2-1-3/h3-22,41H,1-2H3;3-21H,1-2H3;2-21H,1H3;. The summed E-state index contributed by atoms with van der Waals surface area (Å²) in [7, 11) is 0.